The first-order valence-corrected chi connectivity index (χ1v) is 7.90. The van der Waals surface area contributed by atoms with Gasteiger partial charge in [0.05, 0.1) is 22.9 Å². The van der Waals surface area contributed by atoms with E-state index in [4.69, 9.17) is 5.26 Å². The normalized spacial score (nSPS) is 14.5. The number of benzene rings is 1. The van der Waals surface area contributed by atoms with E-state index in [1.807, 2.05) is 32.0 Å². The van der Waals surface area contributed by atoms with E-state index in [1.165, 1.54) is 0 Å². The quantitative estimate of drug-likeness (QED) is 0.944. The van der Waals surface area contributed by atoms with Crippen molar-refractivity contribution < 1.29 is 0 Å². The Morgan fingerprint density at radius 3 is 3.00 bits per heavy atom. The maximum absolute atomic E-state index is 12.3. The van der Waals surface area contributed by atoms with Crippen molar-refractivity contribution in [3.63, 3.8) is 0 Å². The molecule has 0 unspecified atom stereocenters. The highest BCUT2D eigenvalue weighted by molar-refractivity contribution is 5.33. The van der Waals surface area contributed by atoms with Gasteiger partial charge in [-0.25, -0.2) is 4.98 Å². The van der Waals surface area contributed by atoms with Crippen LogP contribution in [0, 0.1) is 11.3 Å². The number of hydrogen-bond acceptors (Lipinski definition) is 4. The van der Waals surface area contributed by atoms with Crippen LogP contribution in [0.25, 0.3) is 0 Å². The molecule has 0 saturated heterocycles. The predicted octanol–water partition coefficient (Wildman–Crippen LogP) is 2.32. The van der Waals surface area contributed by atoms with Crippen molar-refractivity contribution in [2.75, 3.05) is 6.54 Å². The van der Waals surface area contributed by atoms with Crippen molar-refractivity contribution in [2.45, 2.75) is 39.3 Å². The van der Waals surface area contributed by atoms with Gasteiger partial charge in [-0.05, 0) is 17.7 Å². The summed E-state index contributed by atoms with van der Waals surface area (Å²) in [6, 6.07) is 9.78. The van der Waals surface area contributed by atoms with Crippen molar-refractivity contribution in [3.05, 3.63) is 62.8 Å². The Labute approximate surface area is 135 Å². The van der Waals surface area contributed by atoms with E-state index >= 15 is 0 Å². The first-order chi connectivity index (χ1) is 11.1. The van der Waals surface area contributed by atoms with E-state index in [0.717, 1.165) is 42.2 Å². The molecule has 2 heterocycles. The summed E-state index contributed by atoms with van der Waals surface area (Å²) in [4.78, 5) is 22.1. The van der Waals surface area contributed by atoms with Gasteiger partial charge < -0.3 is 4.98 Å². The van der Waals surface area contributed by atoms with Crippen LogP contribution in [0.4, 0.5) is 0 Å². The van der Waals surface area contributed by atoms with Crippen LogP contribution < -0.4 is 5.56 Å². The molecule has 0 amide bonds. The van der Waals surface area contributed by atoms with Gasteiger partial charge in [-0.1, -0.05) is 26.0 Å². The zero-order chi connectivity index (χ0) is 16.4. The Morgan fingerprint density at radius 2 is 2.26 bits per heavy atom. The average molecular weight is 308 g/mol. The van der Waals surface area contributed by atoms with Gasteiger partial charge in [0, 0.05) is 32.0 Å². The molecule has 5 heteroatoms. The summed E-state index contributed by atoms with van der Waals surface area (Å²) in [5.41, 5.74) is 3.45. The van der Waals surface area contributed by atoms with E-state index in [1.54, 1.807) is 6.07 Å². The van der Waals surface area contributed by atoms with Gasteiger partial charge in [-0.15, -0.1) is 0 Å². The lowest BCUT2D eigenvalue weighted by atomic mass is 10.0. The molecule has 0 atom stereocenters. The van der Waals surface area contributed by atoms with Crippen LogP contribution in [0.5, 0.6) is 0 Å². The smallest absolute Gasteiger partial charge is 0.255 e. The second-order valence-electron chi connectivity index (χ2n) is 6.30. The number of fused-ring (bicyclic) bond motifs is 1. The average Bonchev–Trinajstić information content (AvgIpc) is 2.55. The lowest BCUT2D eigenvalue weighted by Crippen LogP contribution is -2.35. The molecule has 3 rings (SSSR count). The van der Waals surface area contributed by atoms with Crippen LogP contribution in [-0.2, 0) is 19.5 Å². The third kappa shape index (κ3) is 3.33. The van der Waals surface area contributed by atoms with E-state index in [9.17, 15) is 4.79 Å². The standard InChI is InChI=1S/C18H20N4O/c1-12(2)17-20-16-6-7-22(11-15(16)18(23)21-17)10-14-5-3-4-13(8-14)9-19/h3-5,8,12H,6-7,10-11H2,1-2H3,(H,20,21,23). The van der Waals surface area contributed by atoms with Crippen LogP contribution in [-0.4, -0.2) is 21.4 Å². The van der Waals surface area contributed by atoms with Crippen LogP contribution in [0.15, 0.2) is 29.1 Å². The van der Waals surface area contributed by atoms with Crippen molar-refractivity contribution in [1.29, 1.82) is 5.26 Å². The molecule has 1 aliphatic rings. The number of H-pyrrole nitrogens is 1. The number of hydrogen-bond donors (Lipinski definition) is 1. The molecule has 1 N–H and O–H groups in total. The highest BCUT2D eigenvalue weighted by Gasteiger charge is 2.21. The number of aromatic nitrogens is 2. The van der Waals surface area contributed by atoms with E-state index in [-0.39, 0.29) is 11.5 Å². The van der Waals surface area contributed by atoms with E-state index < -0.39 is 0 Å². The Bertz CT molecular complexity index is 817. The van der Waals surface area contributed by atoms with Gasteiger partial charge in [0.25, 0.3) is 5.56 Å². The maximum atomic E-state index is 12.3. The number of nitriles is 1. The summed E-state index contributed by atoms with van der Waals surface area (Å²) in [6.45, 7) is 6.27. The van der Waals surface area contributed by atoms with Crippen molar-refractivity contribution in [1.82, 2.24) is 14.9 Å². The molecule has 5 nitrogen and oxygen atoms in total. The minimum atomic E-state index is -0.0193. The van der Waals surface area contributed by atoms with Crippen molar-refractivity contribution in [2.24, 2.45) is 0 Å². The molecule has 0 saturated carbocycles. The molecule has 0 radical (unpaired) electrons. The Hall–Kier alpha value is -2.45. The molecule has 0 fully saturated rings. The minimum Gasteiger partial charge on any atom is -0.310 e. The highest BCUT2D eigenvalue weighted by atomic mass is 16.1. The van der Waals surface area contributed by atoms with Gasteiger partial charge >= 0.3 is 0 Å². The maximum Gasteiger partial charge on any atom is 0.255 e. The zero-order valence-electron chi connectivity index (χ0n) is 13.5. The third-order valence-electron chi connectivity index (χ3n) is 4.18. The monoisotopic (exact) mass is 308 g/mol. The molecule has 0 bridgehead atoms. The summed E-state index contributed by atoms with van der Waals surface area (Å²) in [5, 5.41) is 8.99. The first-order valence-electron chi connectivity index (χ1n) is 7.90. The number of aromatic amines is 1. The molecule has 23 heavy (non-hydrogen) atoms. The molecule has 118 valence electrons. The van der Waals surface area contributed by atoms with Gasteiger partial charge in [0.1, 0.15) is 5.82 Å². The Kier molecular flexibility index (Phi) is 4.26. The number of nitrogens with zero attached hydrogens (tertiary/aromatic N) is 3. The molecule has 1 aromatic heterocycles. The highest BCUT2D eigenvalue weighted by Crippen LogP contribution is 2.18. The topological polar surface area (TPSA) is 72.8 Å². The Morgan fingerprint density at radius 1 is 1.43 bits per heavy atom. The largest absolute Gasteiger partial charge is 0.310 e. The molecule has 2 aromatic rings. The third-order valence-corrected chi connectivity index (χ3v) is 4.18. The molecule has 1 aliphatic heterocycles. The zero-order valence-corrected chi connectivity index (χ0v) is 13.5. The second-order valence-corrected chi connectivity index (χ2v) is 6.30. The predicted molar refractivity (Wildman–Crippen MR) is 87.9 cm³/mol. The number of nitrogens with one attached hydrogen (secondary N) is 1. The molecular weight excluding hydrogens is 288 g/mol. The van der Waals surface area contributed by atoms with Crippen LogP contribution in [0.2, 0.25) is 0 Å². The van der Waals surface area contributed by atoms with Gasteiger partial charge in [0.2, 0.25) is 0 Å². The summed E-state index contributed by atoms with van der Waals surface area (Å²) < 4.78 is 0. The molecule has 0 aliphatic carbocycles. The minimum absolute atomic E-state index is 0.0193. The lowest BCUT2D eigenvalue weighted by Gasteiger charge is -2.28. The second kappa shape index (κ2) is 6.35. The lowest BCUT2D eigenvalue weighted by molar-refractivity contribution is 0.241. The summed E-state index contributed by atoms with van der Waals surface area (Å²) in [5.74, 6) is 0.990. The molecular formula is C18H20N4O. The van der Waals surface area contributed by atoms with E-state index in [0.29, 0.717) is 12.1 Å². The summed E-state index contributed by atoms with van der Waals surface area (Å²) >= 11 is 0. The Balaban J connectivity index is 1.80. The fourth-order valence-electron chi connectivity index (χ4n) is 2.91. The van der Waals surface area contributed by atoms with Crippen LogP contribution in [0.3, 0.4) is 0 Å². The van der Waals surface area contributed by atoms with Crippen LogP contribution in [0.1, 0.15) is 48.0 Å². The molecule has 1 aromatic carbocycles. The first kappa shape index (κ1) is 15.4. The SMILES string of the molecule is CC(C)c1nc2c(c(=O)[nH]1)CN(Cc1cccc(C#N)c1)CC2. The van der Waals surface area contributed by atoms with Gasteiger partial charge in [0.15, 0.2) is 0 Å². The van der Waals surface area contributed by atoms with Crippen molar-refractivity contribution in [3.8, 4) is 6.07 Å². The van der Waals surface area contributed by atoms with Gasteiger partial charge in [-0.2, -0.15) is 5.26 Å². The van der Waals surface area contributed by atoms with Crippen LogP contribution >= 0.6 is 0 Å². The van der Waals surface area contributed by atoms with Gasteiger partial charge in [-0.3, -0.25) is 9.69 Å². The fraction of sp³-hybridized carbons (Fsp3) is 0.389. The number of rotatable bonds is 3. The summed E-state index contributed by atoms with van der Waals surface area (Å²) in [7, 11) is 0. The summed E-state index contributed by atoms with van der Waals surface area (Å²) in [6.07, 6.45) is 0.789. The van der Waals surface area contributed by atoms with Crippen molar-refractivity contribution >= 4 is 0 Å². The molecule has 0 spiro atoms. The fourth-order valence-corrected chi connectivity index (χ4v) is 2.91. The van der Waals surface area contributed by atoms with E-state index in [2.05, 4.69) is 20.9 Å².